The summed E-state index contributed by atoms with van der Waals surface area (Å²) in [5.41, 5.74) is 2.82. The van der Waals surface area contributed by atoms with Crippen LogP contribution in [0.4, 0.5) is 0 Å². The first-order valence-corrected chi connectivity index (χ1v) is 5.97. The Bertz CT molecular complexity index is 376. The number of carbonyl (C=O) groups is 1. The van der Waals surface area contributed by atoms with Crippen LogP contribution in [0.5, 0.6) is 0 Å². The van der Waals surface area contributed by atoms with Crippen LogP contribution in [0.15, 0.2) is 18.2 Å². The third kappa shape index (κ3) is 3.53. The molecule has 88 valence electrons. The summed E-state index contributed by atoms with van der Waals surface area (Å²) in [6.07, 6.45) is 0.856. The summed E-state index contributed by atoms with van der Waals surface area (Å²) in [6, 6.07) is 5.87. The molecule has 0 heterocycles. The van der Waals surface area contributed by atoms with Crippen LogP contribution in [0, 0.1) is 13.8 Å². The largest absolute Gasteiger partial charge is 0.351 e. The predicted molar refractivity (Wildman–Crippen MR) is 68.2 cm³/mol. The Morgan fingerprint density at radius 2 is 2.12 bits per heavy atom. The molecule has 0 spiro atoms. The molecule has 1 aromatic carbocycles. The Morgan fingerprint density at radius 3 is 2.75 bits per heavy atom. The van der Waals surface area contributed by atoms with E-state index in [1.807, 2.05) is 39.0 Å². The highest BCUT2D eigenvalue weighted by molar-refractivity contribution is 6.20. The van der Waals surface area contributed by atoms with E-state index >= 15 is 0 Å². The SMILES string of the molecule is CCC(Cl)CNC(=O)c1cc(C)ccc1C. The van der Waals surface area contributed by atoms with Crippen molar-refractivity contribution in [1.29, 1.82) is 0 Å². The molecule has 0 fully saturated rings. The summed E-state index contributed by atoms with van der Waals surface area (Å²) in [6.45, 7) is 6.44. The van der Waals surface area contributed by atoms with Gasteiger partial charge in [-0.1, -0.05) is 24.6 Å². The van der Waals surface area contributed by atoms with Gasteiger partial charge in [-0.25, -0.2) is 0 Å². The lowest BCUT2D eigenvalue weighted by Gasteiger charge is -2.10. The zero-order valence-corrected chi connectivity index (χ0v) is 10.8. The molecule has 0 aliphatic rings. The number of rotatable bonds is 4. The van der Waals surface area contributed by atoms with Gasteiger partial charge in [0, 0.05) is 12.1 Å². The Morgan fingerprint density at radius 1 is 1.44 bits per heavy atom. The lowest BCUT2D eigenvalue weighted by atomic mass is 10.1. The zero-order valence-electron chi connectivity index (χ0n) is 10.0. The highest BCUT2D eigenvalue weighted by Gasteiger charge is 2.10. The van der Waals surface area contributed by atoms with Crippen LogP contribution >= 0.6 is 11.6 Å². The predicted octanol–water partition coefficient (Wildman–Crippen LogP) is 3.05. The number of amides is 1. The smallest absolute Gasteiger partial charge is 0.251 e. The van der Waals surface area contributed by atoms with Gasteiger partial charge in [0.15, 0.2) is 0 Å². The first kappa shape index (κ1) is 13.0. The van der Waals surface area contributed by atoms with E-state index in [-0.39, 0.29) is 11.3 Å². The van der Waals surface area contributed by atoms with Crippen molar-refractivity contribution >= 4 is 17.5 Å². The number of hydrogen-bond acceptors (Lipinski definition) is 1. The Hall–Kier alpha value is -1.02. The van der Waals surface area contributed by atoms with E-state index in [0.717, 1.165) is 23.1 Å². The number of aryl methyl sites for hydroxylation is 2. The van der Waals surface area contributed by atoms with Gasteiger partial charge in [-0.05, 0) is 31.9 Å². The van der Waals surface area contributed by atoms with E-state index in [9.17, 15) is 4.79 Å². The van der Waals surface area contributed by atoms with E-state index in [1.54, 1.807) is 0 Å². The number of halogens is 1. The van der Waals surface area contributed by atoms with Crippen LogP contribution in [-0.2, 0) is 0 Å². The minimum atomic E-state index is -0.0414. The molecule has 0 saturated carbocycles. The Balaban J connectivity index is 2.69. The number of hydrogen-bond donors (Lipinski definition) is 1. The number of nitrogens with one attached hydrogen (secondary N) is 1. The summed E-state index contributed by atoms with van der Waals surface area (Å²) < 4.78 is 0. The zero-order chi connectivity index (χ0) is 12.1. The van der Waals surface area contributed by atoms with Crippen LogP contribution < -0.4 is 5.32 Å². The van der Waals surface area contributed by atoms with Crippen LogP contribution in [-0.4, -0.2) is 17.8 Å². The maximum absolute atomic E-state index is 11.9. The van der Waals surface area contributed by atoms with E-state index in [2.05, 4.69) is 5.32 Å². The fourth-order valence-electron chi connectivity index (χ4n) is 1.42. The summed E-state index contributed by atoms with van der Waals surface area (Å²) >= 11 is 5.95. The molecule has 1 unspecified atom stereocenters. The molecule has 0 radical (unpaired) electrons. The maximum atomic E-state index is 11.9. The fraction of sp³-hybridized carbons (Fsp3) is 0.462. The lowest BCUT2D eigenvalue weighted by Crippen LogP contribution is -2.30. The standard InChI is InChI=1S/C13H18ClNO/c1-4-11(14)8-15-13(16)12-7-9(2)5-6-10(12)3/h5-7,11H,4,8H2,1-3H3,(H,15,16). The van der Waals surface area contributed by atoms with Crippen molar-refractivity contribution in [2.24, 2.45) is 0 Å². The van der Waals surface area contributed by atoms with Crippen LogP contribution in [0.1, 0.15) is 34.8 Å². The van der Waals surface area contributed by atoms with Gasteiger partial charge in [0.25, 0.3) is 5.91 Å². The first-order chi connectivity index (χ1) is 7.54. The van der Waals surface area contributed by atoms with Crippen molar-refractivity contribution in [2.75, 3.05) is 6.54 Å². The van der Waals surface area contributed by atoms with Crippen molar-refractivity contribution < 1.29 is 4.79 Å². The summed E-state index contributed by atoms with van der Waals surface area (Å²) in [5, 5.41) is 2.86. The summed E-state index contributed by atoms with van der Waals surface area (Å²) in [7, 11) is 0. The van der Waals surface area contributed by atoms with E-state index in [4.69, 9.17) is 11.6 Å². The van der Waals surface area contributed by atoms with Gasteiger partial charge in [-0.15, -0.1) is 11.6 Å². The average Bonchev–Trinajstić information content (AvgIpc) is 2.28. The van der Waals surface area contributed by atoms with Crippen LogP contribution in [0.25, 0.3) is 0 Å². The van der Waals surface area contributed by atoms with Gasteiger partial charge in [0.05, 0.1) is 5.38 Å². The molecular formula is C13H18ClNO. The van der Waals surface area contributed by atoms with E-state index in [1.165, 1.54) is 0 Å². The molecule has 0 aliphatic carbocycles. The maximum Gasteiger partial charge on any atom is 0.251 e. The first-order valence-electron chi connectivity index (χ1n) is 5.54. The summed E-state index contributed by atoms with van der Waals surface area (Å²) in [4.78, 5) is 11.9. The quantitative estimate of drug-likeness (QED) is 0.804. The second kappa shape index (κ2) is 5.90. The van der Waals surface area contributed by atoms with E-state index in [0.29, 0.717) is 6.54 Å². The molecule has 0 aliphatic heterocycles. The minimum Gasteiger partial charge on any atom is -0.351 e. The van der Waals surface area contributed by atoms with Gasteiger partial charge in [-0.2, -0.15) is 0 Å². The molecule has 1 rings (SSSR count). The summed E-state index contributed by atoms with van der Waals surface area (Å²) in [5.74, 6) is -0.0414. The van der Waals surface area contributed by atoms with E-state index < -0.39 is 0 Å². The molecule has 0 aromatic heterocycles. The second-order valence-corrected chi connectivity index (χ2v) is 4.65. The Kier molecular flexibility index (Phi) is 4.81. The van der Waals surface area contributed by atoms with Crippen molar-refractivity contribution in [3.05, 3.63) is 34.9 Å². The van der Waals surface area contributed by atoms with Crippen molar-refractivity contribution in [1.82, 2.24) is 5.32 Å². The van der Waals surface area contributed by atoms with Gasteiger partial charge < -0.3 is 5.32 Å². The molecule has 1 aromatic rings. The second-order valence-electron chi connectivity index (χ2n) is 4.03. The third-order valence-corrected chi connectivity index (χ3v) is 3.03. The van der Waals surface area contributed by atoms with Gasteiger partial charge in [0.1, 0.15) is 0 Å². The molecule has 0 bridgehead atoms. The van der Waals surface area contributed by atoms with Gasteiger partial charge >= 0.3 is 0 Å². The number of alkyl halides is 1. The Labute approximate surface area is 102 Å². The molecular weight excluding hydrogens is 222 g/mol. The van der Waals surface area contributed by atoms with Gasteiger partial charge in [0.2, 0.25) is 0 Å². The number of benzene rings is 1. The highest BCUT2D eigenvalue weighted by atomic mass is 35.5. The van der Waals surface area contributed by atoms with Crippen molar-refractivity contribution in [3.63, 3.8) is 0 Å². The molecule has 1 amide bonds. The fourth-order valence-corrected chi connectivity index (χ4v) is 1.50. The molecule has 0 saturated heterocycles. The molecule has 1 atom stereocenters. The third-order valence-electron chi connectivity index (χ3n) is 2.56. The highest BCUT2D eigenvalue weighted by Crippen LogP contribution is 2.10. The molecule has 1 N–H and O–H groups in total. The molecule has 3 heteroatoms. The molecule has 2 nitrogen and oxygen atoms in total. The molecule has 16 heavy (non-hydrogen) atoms. The van der Waals surface area contributed by atoms with Gasteiger partial charge in [-0.3, -0.25) is 4.79 Å². The topological polar surface area (TPSA) is 29.1 Å². The average molecular weight is 240 g/mol. The number of carbonyl (C=O) groups excluding carboxylic acids is 1. The lowest BCUT2D eigenvalue weighted by molar-refractivity contribution is 0.0953. The van der Waals surface area contributed by atoms with Crippen LogP contribution in [0.2, 0.25) is 0 Å². The monoisotopic (exact) mass is 239 g/mol. The van der Waals surface area contributed by atoms with Crippen LogP contribution in [0.3, 0.4) is 0 Å². The van der Waals surface area contributed by atoms with Crippen molar-refractivity contribution in [3.8, 4) is 0 Å². The van der Waals surface area contributed by atoms with Crippen molar-refractivity contribution in [2.45, 2.75) is 32.6 Å². The normalized spacial score (nSPS) is 12.2. The minimum absolute atomic E-state index is 0.00839.